The van der Waals surface area contributed by atoms with Gasteiger partial charge in [0, 0.05) is 16.7 Å². The van der Waals surface area contributed by atoms with Gasteiger partial charge in [-0.25, -0.2) is 4.98 Å². The molecule has 0 atom stereocenters. The lowest BCUT2D eigenvalue weighted by Crippen LogP contribution is -2.12. The van der Waals surface area contributed by atoms with Crippen LogP contribution < -0.4 is 16.4 Å². The molecule has 0 radical (unpaired) electrons. The van der Waals surface area contributed by atoms with E-state index in [-0.39, 0.29) is 11.7 Å². The number of carbonyl (C=O) groups excluding carboxylic acids is 1. The van der Waals surface area contributed by atoms with Crippen LogP contribution in [0, 0.1) is 0 Å². The van der Waals surface area contributed by atoms with Gasteiger partial charge < -0.3 is 16.4 Å². The summed E-state index contributed by atoms with van der Waals surface area (Å²) in [6, 6.07) is 7.33. The van der Waals surface area contributed by atoms with Crippen LogP contribution in [-0.4, -0.2) is 17.4 Å². The second-order valence-corrected chi connectivity index (χ2v) is 5.64. The van der Waals surface area contributed by atoms with E-state index in [0.29, 0.717) is 15.7 Å². The van der Waals surface area contributed by atoms with Crippen LogP contribution in [0.1, 0.15) is 16.6 Å². The van der Waals surface area contributed by atoms with Gasteiger partial charge in [-0.15, -0.1) is 0 Å². The van der Waals surface area contributed by atoms with E-state index in [9.17, 15) is 4.79 Å². The third-order valence-electron chi connectivity index (χ3n) is 2.29. The average molecular weight is 341 g/mol. The molecule has 2 aromatic rings. The van der Waals surface area contributed by atoms with Crippen LogP contribution in [-0.2, 0) is 0 Å². The third kappa shape index (κ3) is 3.45. The number of amides is 1. The van der Waals surface area contributed by atoms with Gasteiger partial charge in [-0.05, 0) is 31.2 Å². The Hall–Kier alpha value is -1.60. The number of benzene rings is 1. The van der Waals surface area contributed by atoms with Crippen molar-refractivity contribution in [2.24, 2.45) is 0 Å². The molecule has 0 saturated heterocycles. The second-order valence-electron chi connectivity index (χ2n) is 3.72. The van der Waals surface area contributed by atoms with E-state index in [4.69, 9.17) is 5.73 Å². The van der Waals surface area contributed by atoms with E-state index >= 15 is 0 Å². The van der Waals surface area contributed by atoms with Gasteiger partial charge in [0.15, 0.2) is 5.13 Å². The molecule has 1 heterocycles. The highest BCUT2D eigenvalue weighted by atomic mass is 79.9. The van der Waals surface area contributed by atoms with Crippen molar-refractivity contribution in [2.45, 2.75) is 6.92 Å². The molecule has 0 bridgehead atoms. The topological polar surface area (TPSA) is 80.0 Å². The van der Waals surface area contributed by atoms with Crippen molar-refractivity contribution in [1.82, 2.24) is 4.98 Å². The fourth-order valence-corrected chi connectivity index (χ4v) is 2.55. The number of nitrogens with one attached hydrogen (secondary N) is 2. The van der Waals surface area contributed by atoms with Gasteiger partial charge in [-0.2, -0.15) is 0 Å². The van der Waals surface area contributed by atoms with Crippen molar-refractivity contribution in [3.05, 3.63) is 33.6 Å². The highest BCUT2D eigenvalue weighted by Crippen LogP contribution is 2.26. The van der Waals surface area contributed by atoms with Gasteiger partial charge >= 0.3 is 0 Å². The van der Waals surface area contributed by atoms with Crippen LogP contribution in [0.2, 0.25) is 0 Å². The lowest BCUT2D eigenvalue weighted by molar-refractivity contribution is 0.103. The minimum atomic E-state index is -0.249. The SMILES string of the molecule is CCNc1nc(N)c(C(=O)Nc2ccc(Br)cc2)s1. The fraction of sp³-hybridized carbons (Fsp3) is 0.167. The number of anilines is 3. The maximum absolute atomic E-state index is 12.1. The number of hydrogen-bond acceptors (Lipinski definition) is 5. The van der Waals surface area contributed by atoms with Gasteiger partial charge in [-0.3, -0.25) is 4.79 Å². The first-order valence-corrected chi connectivity index (χ1v) is 7.28. The van der Waals surface area contributed by atoms with Crippen LogP contribution in [0.15, 0.2) is 28.7 Å². The molecule has 1 aromatic heterocycles. The summed E-state index contributed by atoms with van der Waals surface area (Å²) in [5.41, 5.74) is 6.46. The maximum atomic E-state index is 12.1. The van der Waals surface area contributed by atoms with Crippen LogP contribution in [0.5, 0.6) is 0 Å². The second kappa shape index (κ2) is 6.03. The quantitative estimate of drug-likeness (QED) is 0.798. The summed E-state index contributed by atoms with van der Waals surface area (Å²) in [5, 5.41) is 6.47. The van der Waals surface area contributed by atoms with E-state index in [1.165, 1.54) is 11.3 Å². The molecule has 0 aliphatic heterocycles. The normalized spacial score (nSPS) is 10.2. The van der Waals surface area contributed by atoms with E-state index in [1.54, 1.807) is 0 Å². The van der Waals surface area contributed by atoms with Gasteiger partial charge in [0.1, 0.15) is 10.7 Å². The molecule has 2 rings (SSSR count). The van der Waals surface area contributed by atoms with Crippen molar-refractivity contribution in [3.8, 4) is 0 Å². The van der Waals surface area contributed by atoms with Gasteiger partial charge in [0.2, 0.25) is 0 Å². The summed E-state index contributed by atoms with van der Waals surface area (Å²) in [5.74, 6) is -0.00274. The summed E-state index contributed by atoms with van der Waals surface area (Å²) in [6.45, 7) is 2.69. The zero-order chi connectivity index (χ0) is 13.8. The molecular weight excluding hydrogens is 328 g/mol. The zero-order valence-electron chi connectivity index (χ0n) is 10.2. The molecule has 0 aliphatic carbocycles. The van der Waals surface area contributed by atoms with E-state index in [0.717, 1.165) is 11.0 Å². The van der Waals surface area contributed by atoms with E-state index in [2.05, 4.69) is 31.5 Å². The molecule has 100 valence electrons. The Bertz CT molecular complexity index is 582. The molecule has 0 saturated carbocycles. The zero-order valence-corrected chi connectivity index (χ0v) is 12.6. The lowest BCUT2D eigenvalue weighted by atomic mass is 10.3. The van der Waals surface area contributed by atoms with Gasteiger partial charge in [-0.1, -0.05) is 27.3 Å². The highest BCUT2D eigenvalue weighted by Gasteiger charge is 2.16. The number of nitrogens with two attached hydrogens (primary N) is 1. The summed E-state index contributed by atoms with van der Waals surface area (Å²) in [6.07, 6.45) is 0. The molecule has 1 aromatic carbocycles. The lowest BCUT2D eigenvalue weighted by Gasteiger charge is -2.03. The predicted octanol–water partition coefficient (Wildman–Crippen LogP) is 3.17. The highest BCUT2D eigenvalue weighted by molar-refractivity contribution is 9.10. The molecule has 7 heteroatoms. The predicted molar refractivity (Wildman–Crippen MR) is 82.8 cm³/mol. The molecule has 0 fully saturated rings. The summed E-state index contributed by atoms with van der Waals surface area (Å²) >= 11 is 4.59. The van der Waals surface area contributed by atoms with E-state index in [1.807, 2.05) is 31.2 Å². The monoisotopic (exact) mass is 340 g/mol. The summed E-state index contributed by atoms with van der Waals surface area (Å²) in [4.78, 5) is 16.6. The van der Waals surface area contributed by atoms with E-state index < -0.39 is 0 Å². The third-order valence-corrected chi connectivity index (χ3v) is 3.85. The van der Waals surface area contributed by atoms with Crippen LogP contribution in [0.25, 0.3) is 0 Å². The number of aromatic nitrogens is 1. The van der Waals surface area contributed by atoms with Crippen molar-refractivity contribution >= 4 is 49.8 Å². The van der Waals surface area contributed by atoms with Crippen LogP contribution in [0.4, 0.5) is 16.6 Å². The Kier molecular flexibility index (Phi) is 4.39. The number of nitrogens with zero attached hydrogens (tertiary/aromatic N) is 1. The molecule has 0 spiro atoms. The number of thiazole rings is 1. The molecule has 5 nitrogen and oxygen atoms in total. The number of rotatable bonds is 4. The first-order valence-electron chi connectivity index (χ1n) is 5.67. The number of halogens is 1. The van der Waals surface area contributed by atoms with Crippen molar-refractivity contribution in [2.75, 3.05) is 22.9 Å². The Balaban J connectivity index is 2.13. The summed E-state index contributed by atoms with van der Waals surface area (Å²) < 4.78 is 0.956. The molecule has 0 aliphatic rings. The Morgan fingerprint density at radius 2 is 2.11 bits per heavy atom. The van der Waals surface area contributed by atoms with Crippen LogP contribution >= 0.6 is 27.3 Å². The maximum Gasteiger partial charge on any atom is 0.269 e. The molecule has 4 N–H and O–H groups in total. The number of nitrogen functional groups attached to an aromatic ring is 1. The van der Waals surface area contributed by atoms with Gasteiger partial charge in [0.05, 0.1) is 0 Å². The first-order chi connectivity index (χ1) is 9.10. The largest absolute Gasteiger partial charge is 0.382 e. The molecular formula is C12H13BrN4OS. The minimum Gasteiger partial charge on any atom is -0.382 e. The Labute approximate surface area is 123 Å². The number of hydrogen-bond donors (Lipinski definition) is 3. The van der Waals surface area contributed by atoms with Crippen LogP contribution in [0.3, 0.4) is 0 Å². The molecule has 19 heavy (non-hydrogen) atoms. The van der Waals surface area contributed by atoms with Gasteiger partial charge in [0.25, 0.3) is 5.91 Å². The molecule has 0 unspecified atom stereocenters. The standard InChI is InChI=1S/C12H13BrN4OS/c1-2-15-12-17-10(14)9(19-12)11(18)16-8-5-3-7(13)4-6-8/h3-6H,2,14H2,1H3,(H,15,17)(H,16,18). The number of carbonyl (C=O) groups is 1. The minimum absolute atomic E-state index is 0.246. The Morgan fingerprint density at radius 3 is 2.74 bits per heavy atom. The Morgan fingerprint density at radius 1 is 1.42 bits per heavy atom. The first kappa shape index (κ1) is 13.8. The smallest absolute Gasteiger partial charge is 0.269 e. The fourth-order valence-electron chi connectivity index (χ4n) is 1.44. The summed E-state index contributed by atoms with van der Waals surface area (Å²) in [7, 11) is 0. The average Bonchev–Trinajstić information content (AvgIpc) is 2.74. The molecule has 1 amide bonds. The van der Waals surface area contributed by atoms with Crippen molar-refractivity contribution in [3.63, 3.8) is 0 Å². The van der Waals surface area contributed by atoms with Crippen molar-refractivity contribution < 1.29 is 4.79 Å². The van der Waals surface area contributed by atoms with Crippen molar-refractivity contribution in [1.29, 1.82) is 0 Å².